The molecule has 102 valence electrons. The van der Waals surface area contributed by atoms with Crippen LogP contribution in [0.4, 0.5) is 0 Å². The molecule has 0 aliphatic heterocycles. The molecule has 2 rings (SSSR count). The number of nitrogens with one attached hydrogen (secondary N) is 1. The Balaban J connectivity index is 1.94. The molecule has 2 aromatic rings. The van der Waals surface area contributed by atoms with E-state index in [2.05, 4.69) is 15.6 Å². The molecule has 0 radical (unpaired) electrons. The van der Waals surface area contributed by atoms with Crippen molar-refractivity contribution in [1.29, 1.82) is 0 Å². The number of aromatic nitrogens is 3. The van der Waals surface area contributed by atoms with Gasteiger partial charge in [0.15, 0.2) is 0 Å². The summed E-state index contributed by atoms with van der Waals surface area (Å²) in [4.78, 5) is 12.1. The van der Waals surface area contributed by atoms with Gasteiger partial charge in [0.2, 0.25) is 0 Å². The molecule has 19 heavy (non-hydrogen) atoms. The molecule has 0 aliphatic carbocycles. The topological polar surface area (TPSA) is 69.0 Å². The molecule has 6 heteroatoms. The highest BCUT2D eigenvalue weighted by atomic mass is 16.5. The average Bonchev–Trinajstić information content (AvgIpc) is 2.45. The van der Waals surface area contributed by atoms with Crippen LogP contribution in [0.1, 0.15) is 6.42 Å². The van der Waals surface area contributed by atoms with E-state index in [0.717, 1.165) is 19.5 Å². The first-order valence-electron chi connectivity index (χ1n) is 6.35. The summed E-state index contributed by atoms with van der Waals surface area (Å²) >= 11 is 0. The predicted octanol–water partition coefficient (Wildman–Crippen LogP) is 0.418. The second-order valence-corrected chi connectivity index (χ2v) is 4.23. The van der Waals surface area contributed by atoms with Gasteiger partial charge in [0.05, 0.1) is 12.0 Å². The average molecular weight is 262 g/mol. The van der Waals surface area contributed by atoms with Crippen LogP contribution in [0, 0.1) is 0 Å². The van der Waals surface area contributed by atoms with E-state index in [1.165, 1.54) is 4.68 Å². The lowest BCUT2D eigenvalue weighted by atomic mass is 10.2. The minimum Gasteiger partial charge on any atom is -0.383 e. The van der Waals surface area contributed by atoms with Crippen molar-refractivity contribution in [2.24, 2.45) is 0 Å². The van der Waals surface area contributed by atoms with Crippen molar-refractivity contribution in [2.75, 3.05) is 26.8 Å². The number of hydrogen-bond acceptors (Lipinski definition) is 5. The zero-order chi connectivity index (χ0) is 13.5. The molecule has 1 heterocycles. The zero-order valence-corrected chi connectivity index (χ0v) is 11.0. The molecular formula is C13H18N4O2. The zero-order valence-electron chi connectivity index (χ0n) is 11.0. The second-order valence-electron chi connectivity index (χ2n) is 4.23. The number of hydrogen-bond donors (Lipinski definition) is 1. The largest absolute Gasteiger partial charge is 0.383 e. The molecule has 1 aromatic heterocycles. The van der Waals surface area contributed by atoms with E-state index in [9.17, 15) is 4.79 Å². The Morgan fingerprint density at radius 1 is 1.32 bits per heavy atom. The molecule has 0 fully saturated rings. The predicted molar refractivity (Wildman–Crippen MR) is 73.2 cm³/mol. The van der Waals surface area contributed by atoms with Crippen molar-refractivity contribution >= 4 is 10.9 Å². The fraction of sp³-hybridized carbons (Fsp3) is 0.462. The third-order valence-electron chi connectivity index (χ3n) is 2.84. The van der Waals surface area contributed by atoms with Crippen molar-refractivity contribution in [1.82, 2.24) is 20.3 Å². The van der Waals surface area contributed by atoms with E-state index < -0.39 is 0 Å². The number of rotatable bonds is 7. The van der Waals surface area contributed by atoms with Crippen molar-refractivity contribution in [3.05, 3.63) is 34.6 Å². The number of methoxy groups -OCH3 is 1. The lowest BCUT2D eigenvalue weighted by Gasteiger charge is -2.06. The number of ether oxygens (including phenoxy) is 1. The van der Waals surface area contributed by atoms with Crippen molar-refractivity contribution < 1.29 is 4.74 Å². The third-order valence-corrected chi connectivity index (χ3v) is 2.84. The van der Waals surface area contributed by atoms with Crippen LogP contribution in [0.15, 0.2) is 29.1 Å². The number of nitrogens with zero attached hydrogens (tertiary/aromatic N) is 3. The minimum atomic E-state index is -0.0810. The van der Waals surface area contributed by atoms with E-state index in [1.807, 2.05) is 12.1 Å². The van der Waals surface area contributed by atoms with Gasteiger partial charge in [-0.1, -0.05) is 17.3 Å². The molecule has 1 N–H and O–H groups in total. The van der Waals surface area contributed by atoms with Gasteiger partial charge in [-0.15, -0.1) is 5.10 Å². The van der Waals surface area contributed by atoms with E-state index >= 15 is 0 Å². The van der Waals surface area contributed by atoms with Gasteiger partial charge < -0.3 is 10.1 Å². The third kappa shape index (κ3) is 3.59. The van der Waals surface area contributed by atoms with Crippen LogP contribution in [-0.2, 0) is 11.3 Å². The van der Waals surface area contributed by atoms with Crippen LogP contribution in [0.2, 0.25) is 0 Å². The van der Waals surface area contributed by atoms with Crippen molar-refractivity contribution in [3.63, 3.8) is 0 Å². The highest BCUT2D eigenvalue weighted by Crippen LogP contribution is 2.03. The Kier molecular flexibility index (Phi) is 5.00. The van der Waals surface area contributed by atoms with Gasteiger partial charge in [0, 0.05) is 20.2 Å². The first-order valence-corrected chi connectivity index (χ1v) is 6.35. The maximum absolute atomic E-state index is 12.1. The van der Waals surface area contributed by atoms with Gasteiger partial charge >= 0.3 is 0 Å². The van der Waals surface area contributed by atoms with Gasteiger partial charge in [-0.05, 0) is 25.1 Å². The summed E-state index contributed by atoms with van der Waals surface area (Å²) in [6, 6.07) is 7.25. The van der Waals surface area contributed by atoms with Crippen molar-refractivity contribution in [3.8, 4) is 0 Å². The molecule has 0 saturated carbocycles. The number of benzene rings is 1. The lowest BCUT2D eigenvalue weighted by Crippen LogP contribution is -2.27. The molecule has 6 nitrogen and oxygen atoms in total. The molecule has 0 spiro atoms. The highest BCUT2D eigenvalue weighted by Gasteiger charge is 2.03. The van der Waals surface area contributed by atoms with Crippen LogP contribution in [-0.4, -0.2) is 41.8 Å². The van der Waals surface area contributed by atoms with Gasteiger partial charge in [-0.2, -0.15) is 0 Å². The number of fused-ring (bicyclic) bond motifs is 1. The molecule has 0 bridgehead atoms. The molecule has 0 aliphatic rings. The molecule has 0 saturated heterocycles. The van der Waals surface area contributed by atoms with Crippen LogP contribution in [0.3, 0.4) is 0 Å². The molecule has 0 atom stereocenters. The van der Waals surface area contributed by atoms with Crippen molar-refractivity contribution in [2.45, 2.75) is 13.0 Å². The van der Waals surface area contributed by atoms with E-state index in [4.69, 9.17) is 4.74 Å². The first kappa shape index (κ1) is 13.6. The summed E-state index contributed by atoms with van der Waals surface area (Å²) < 4.78 is 6.35. The smallest absolute Gasteiger partial charge is 0.277 e. The second kappa shape index (κ2) is 6.96. The minimum absolute atomic E-state index is 0.0810. The maximum Gasteiger partial charge on any atom is 0.277 e. The fourth-order valence-corrected chi connectivity index (χ4v) is 1.82. The highest BCUT2D eigenvalue weighted by molar-refractivity contribution is 5.76. The van der Waals surface area contributed by atoms with Gasteiger partial charge in [0.1, 0.15) is 5.52 Å². The van der Waals surface area contributed by atoms with E-state index in [1.54, 1.807) is 19.2 Å². The van der Waals surface area contributed by atoms with E-state index in [-0.39, 0.29) is 5.56 Å². The lowest BCUT2D eigenvalue weighted by molar-refractivity contribution is 0.199. The summed E-state index contributed by atoms with van der Waals surface area (Å²) in [5, 5.41) is 11.8. The van der Waals surface area contributed by atoms with Gasteiger partial charge in [-0.3, -0.25) is 4.79 Å². The molecule has 0 amide bonds. The van der Waals surface area contributed by atoms with Gasteiger partial charge in [-0.25, -0.2) is 4.68 Å². The first-order chi connectivity index (χ1) is 9.33. The number of aryl methyl sites for hydroxylation is 1. The summed E-state index contributed by atoms with van der Waals surface area (Å²) in [7, 11) is 1.67. The SMILES string of the molecule is COCCNCCCn1nnc2ccccc2c1=O. The standard InChI is InChI=1S/C13H18N4O2/c1-19-10-8-14-7-4-9-17-13(18)11-5-2-3-6-12(11)15-16-17/h2-3,5-6,14H,4,7-10H2,1H3. The van der Waals surface area contributed by atoms with Crippen LogP contribution >= 0.6 is 0 Å². The maximum atomic E-state index is 12.1. The fourth-order valence-electron chi connectivity index (χ4n) is 1.82. The molecule has 1 aromatic carbocycles. The quantitative estimate of drug-likeness (QED) is 0.732. The summed E-state index contributed by atoms with van der Waals surface area (Å²) in [6.07, 6.45) is 0.830. The summed E-state index contributed by atoms with van der Waals surface area (Å²) in [6.45, 7) is 2.89. The summed E-state index contributed by atoms with van der Waals surface area (Å²) in [5.41, 5.74) is 0.560. The van der Waals surface area contributed by atoms with E-state index in [0.29, 0.717) is 24.1 Å². The van der Waals surface area contributed by atoms with Crippen LogP contribution in [0.25, 0.3) is 10.9 Å². The Bertz CT molecular complexity index is 582. The Labute approximate surface area is 111 Å². The Morgan fingerprint density at radius 2 is 2.16 bits per heavy atom. The Hall–Kier alpha value is -1.79. The Morgan fingerprint density at radius 3 is 3.00 bits per heavy atom. The van der Waals surface area contributed by atoms with Crippen LogP contribution in [0.5, 0.6) is 0 Å². The molecule has 0 unspecified atom stereocenters. The summed E-state index contributed by atoms with van der Waals surface area (Å²) in [5.74, 6) is 0. The van der Waals surface area contributed by atoms with Gasteiger partial charge in [0.25, 0.3) is 5.56 Å². The normalized spacial score (nSPS) is 11.0. The van der Waals surface area contributed by atoms with Crippen LogP contribution < -0.4 is 10.9 Å². The molecular weight excluding hydrogens is 244 g/mol. The monoisotopic (exact) mass is 262 g/mol.